The molecule has 0 atom stereocenters. The second-order valence-electron chi connectivity index (χ2n) is 3.45. The third-order valence-corrected chi connectivity index (χ3v) is 2.37. The molecule has 2 rings (SSSR count). The van der Waals surface area contributed by atoms with Gasteiger partial charge in [-0.25, -0.2) is 4.98 Å². The molecular weight excluding hydrogens is 204 g/mol. The molecule has 0 unspecified atom stereocenters. The van der Waals surface area contributed by atoms with Crippen LogP contribution in [-0.2, 0) is 0 Å². The summed E-state index contributed by atoms with van der Waals surface area (Å²) in [5.74, 6) is 2.24. The van der Waals surface area contributed by atoms with Gasteiger partial charge in [0.15, 0.2) is 0 Å². The molecule has 0 aliphatic heterocycles. The van der Waals surface area contributed by atoms with Gasteiger partial charge in [0.25, 0.3) is 0 Å². The number of aryl methyl sites for hydroxylation is 1. The van der Waals surface area contributed by atoms with Crippen LogP contribution in [0.1, 0.15) is 5.69 Å². The fourth-order valence-electron chi connectivity index (χ4n) is 1.62. The number of rotatable bonds is 3. The number of imidazole rings is 1. The summed E-state index contributed by atoms with van der Waals surface area (Å²) in [4.78, 5) is 7.46. The molecule has 0 aliphatic rings. The quantitative estimate of drug-likeness (QED) is 0.860. The summed E-state index contributed by atoms with van der Waals surface area (Å²) < 4.78 is 10.6. The maximum Gasteiger partial charge on any atom is 0.145 e. The van der Waals surface area contributed by atoms with Crippen molar-refractivity contribution < 1.29 is 9.47 Å². The van der Waals surface area contributed by atoms with Crippen LogP contribution in [0.4, 0.5) is 0 Å². The van der Waals surface area contributed by atoms with Crippen LogP contribution >= 0.6 is 0 Å². The average Bonchev–Trinajstić information content (AvgIpc) is 2.74. The van der Waals surface area contributed by atoms with E-state index in [4.69, 9.17) is 9.47 Å². The van der Waals surface area contributed by atoms with Crippen molar-refractivity contribution in [3.05, 3.63) is 30.1 Å². The first-order chi connectivity index (χ1) is 7.76. The van der Waals surface area contributed by atoms with Gasteiger partial charge in [-0.3, -0.25) is 0 Å². The van der Waals surface area contributed by atoms with Gasteiger partial charge in [0, 0.05) is 11.9 Å². The van der Waals surface area contributed by atoms with Gasteiger partial charge >= 0.3 is 0 Å². The Bertz CT molecular complexity index is 469. The van der Waals surface area contributed by atoms with Crippen LogP contribution in [0.3, 0.4) is 0 Å². The van der Waals surface area contributed by atoms with Gasteiger partial charge in [0.1, 0.15) is 22.9 Å². The molecule has 0 fully saturated rings. The topological polar surface area (TPSA) is 47.1 Å². The molecule has 1 heterocycles. The maximum absolute atomic E-state index is 5.31. The Morgan fingerprint density at radius 2 is 1.75 bits per heavy atom. The number of aromatic amines is 1. The van der Waals surface area contributed by atoms with Gasteiger partial charge in [0.05, 0.1) is 14.2 Å². The van der Waals surface area contributed by atoms with Gasteiger partial charge in [-0.2, -0.15) is 0 Å². The third kappa shape index (κ3) is 1.74. The zero-order valence-electron chi connectivity index (χ0n) is 9.57. The Balaban J connectivity index is 2.60. The summed E-state index contributed by atoms with van der Waals surface area (Å²) in [6.07, 6.45) is 1.78. The summed E-state index contributed by atoms with van der Waals surface area (Å²) in [5, 5.41) is 0. The average molecular weight is 218 g/mol. The Morgan fingerprint density at radius 1 is 1.12 bits per heavy atom. The first-order valence-electron chi connectivity index (χ1n) is 4.99. The highest BCUT2D eigenvalue weighted by Gasteiger charge is 2.14. The minimum atomic E-state index is 0.744. The molecular formula is C12H14N2O2. The number of benzene rings is 1. The lowest BCUT2D eigenvalue weighted by molar-refractivity contribution is 0.397. The van der Waals surface area contributed by atoms with Gasteiger partial charge in [0.2, 0.25) is 0 Å². The van der Waals surface area contributed by atoms with Crippen LogP contribution in [0.15, 0.2) is 24.4 Å². The number of nitrogens with zero attached hydrogens (tertiary/aromatic N) is 1. The van der Waals surface area contributed by atoms with Crippen LogP contribution in [-0.4, -0.2) is 24.2 Å². The summed E-state index contributed by atoms with van der Waals surface area (Å²) in [6.45, 7) is 1.96. The van der Waals surface area contributed by atoms with E-state index in [-0.39, 0.29) is 0 Å². The molecule has 0 aliphatic carbocycles. The molecule has 1 N–H and O–H groups in total. The molecule has 84 valence electrons. The van der Waals surface area contributed by atoms with Crippen LogP contribution in [0.25, 0.3) is 11.4 Å². The van der Waals surface area contributed by atoms with Crippen molar-refractivity contribution in [1.29, 1.82) is 0 Å². The second kappa shape index (κ2) is 4.26. The minimum absolute atomic E-state index is 0.744. The Hall–Kier alpha value is -1.97. The smallest absolute Gasteiger partial charge is 0.145 e. The lowest BCUT2D eigenvalue weighted by Gasteiger charge is -2.10. The summed E-state index contributed by atoms with van der Waals surface area (Å²) in [7, 11) is 3.27. The number of methoxy groups -OCH3 is 2. The van der Waals surface area contributed by atoms with Crippen molar-refractivity contribution >= 4 is 0 Å². The highest BCUT2D eigenvalue weighted by atomic mass is 16.5. The van der Waals surface area contributed by atoms with E-state index in [1.54, 1.807) is 20.4 Å². The van der Waals surface area contributed by atoms with Crippen molar-refractivity contribution in [1.82, 2.24) is 9.97 Å². The molecule has 2 aromatic rings. The SMILES string of the molecule is COc1cccc(OC)c1-c1ncc(C)[nH]1. The first kappa shape index (κ1) is 10.5. The van der Waals surface area contributed by atoms with E-state index < -0.39 is 0 Å². The number of nitrogens with one attached hydrogen (secondary N) is 1. The Morgan fingerprint density at radius 3 is 2.19 bits per heavy atom. The molecule has 0 saturated heterocycles. The normalized spacial score (nSPS) is 10.2. The van der Waals surface area contributed by atoms with E-state index >= 15 is 0 Å². The zero-order valence-corrected chi connectivity index (χ0v) is 9.57. The Labute approximate surface area is 94.2 Å². The van der Waals surface area contributed by atoms with E-state index in [2.05, 4.69) is 9.97 Å². The van der Waals surface area contributed by atoms with Crippen molar-refractivity contribution in [3.8, 4) is 22.9 Å². The fraction of sp³-hybridized carbons (Fsp3) is 0.250. The van der Waals surface area contributed by atoms with E-state index in [9.17, 15) is 0 Å². The lowest BCUT2D eigenvalue weighted by Crippen LogP contribution is -1.94. The van der Waals surface area contributed by atoms with Gasteiger partial charge in [-0.05, 0) is 19.1 Å². The molecule has 1 aromatic carbocycles. The van der Waals surface area contributed by atoms with Gasteiger partial charge in [-0.1, -0.05) is 6.07 Å². The second-order valence-corrected chi connectivity index (χ2v) is 3.45. The molecule has 0 amide bonds. The zero-order chi connectivity index (χ0) is 11.5. The monoisotopic (exact) mass is 218 g/mol. The molecule has 4 heteroatoms. The van der Waals surface area contributed by atoms with Gasteiger partial charge < -0.3 is 14.5 Å². The molecule has 0 bridgehead atoms. The predicted octanol–water partition coefficient (Wildman–Crippen LogP) is 2.40. The summed E-state index contributed by atoms with van der Waals surface area (Å²) >= 11 is 0. The van der Waals surface area contributed by atoms with Crippen molar-refractivity contribution in [3.63, 3.8) is 0 Å². The van der Waals surface area contributed by atoms with Crippen LogP contribution in [0.5, 0.6) is 11.5 Å². The van der Waals surface area contributed by atoms with E-state index in [0.29, 0.717) is 0 Å². The van der Waals surface area contributed by atoms with Crippen molar-refractivity contribution in [2.24, 2.45) is 0 Å². The van der Waals surface area contributed by atoms with E-state index in [0.717, 1.165) is 28.6 Å². The number of ether oxygens (including phenoxy) is 2. The fourth-order valence-corrected chi connectivity index (χ4v) is 1.62. The maximum atomic E-state index is 5.31. The number of aromatic nitrogens is 2. The Kier molecular flexibility index (Phi) is 2.81. The summed E-state index contributed by atoms with van der Waals surface area (Å²) in [6, 6.07) is 5.66. The highest BCUT2D eigenvalue weighted by Crippen LogP contribution is 2.36. The van der Waals surface area contributed by atoms with E-state index in [1.165, 1.54) is 0 Å². The lowest BCUT2D eigenvalue weighted by atomic mass is 10.1. The van der Waals surface area contributed by atoms with Crippen LogP contribution < -0.4 is 9.47 Å². The highest BCUT2D eigenvalue weighted by molar-refractivity contribution is 5.72. The minimum Gasteiger partial charge on any atom is -0.496 e. The predicted molar refractivity (Wildman–Crippen MR) is 61.9 cm³/mol. The van der Waals surface area contributed by atoms with E-state index in [1.807, 2.05) is 25.1 Å². The number of hydrogen-bond acceptors (Lipinski definition) is 3. The number of H-pyrrole nitrogens is 1. The molecule has 0 radical (unpaired) electrons. The standard InChI is InChI=1S/C12H14N2O2/c1-8-7-13-12(14-8)11-9(15-2)5-4-6-10(11)16-3/h4-7H,1-3H3,(H,13,14). The summed E-state index contributed by atoms with van der Waals surface area (Å²) in [5.41, 5.74) is 1.85. The molecule has 1 aromatic heterocycles. The van der Waals surface area contributed by atoms with Crippen LogP contribution in [0.2, 0.25) is 0 Å². The van der Waals surface area contributed by atoms with Crippen molar-refractivity contribution in [2.75, 3.05) is 14.2 Å². The molecule has 0 saturated carbocycles. The number of hydrogen-bond donors (Lipinski definition) is 1. The van der Waals surface area contributed by atoms with Gasteiger partial charge in [-0.15, -0.1) is 0 Å². The largest absolute Gasteiger partial charge is 0.496 e. The van der Waals surface area contributed by atoms with Crippen LogP contribution in [0, 0.1) is 6.92 Å². The molecule has 4 nitrogen and oxygen atoms in total. The first-order valence-corrected chi connectivity index (χ1v) is 4.99. The molecule has 0 spiro atoms. The molecule has 16 heavy (non-hydrogen) atoms. The third-order valence-electron chi connectivity index (χ3n) is 2.37. The van der Waals surface area contributed by atoms with Crippen molar-refractivity contribution in [2.45, 2.75) is 6.92 Å².